The predicted molar refractivity (Wildman–Crippen MR) is 79.0 cm³/mol. The van der Waals surface area contributed by atoms with Crippen LogP contribution in [0.5, 0.6) is 0 Å². The Bertz CT molecular complexity index is 617. The number of rotatable bonds is 4. The molecule has 2 aromatic heterocycles. The topological polar surface area (TPSA) is 94.5 Å². The Labute approximate surface area is 123 Å². The number of nitrogens with one attached hydrogen (secondary N) is 1. The maximum Gasteiger partial charge on any atom is 0.407 e. The van der Waals surface area contributed by atoms with Gasteiger partial charge in [-0.3, -0.25) is 4.98 Å². The molecule has 0 saturated heterocycles. The highest BCUT2D eigenvalue weighted by molar-refractivity contribution is 5.67. The summed E-state index contributed by atoms with van der Waals surface area (Å²) in [6, 6.07) is 0. The second-order valence-electron chi connectivity index (χ2n) is 5.80. The van der Waals surface area contributed by atoms with E-state index in [1.54, 1.807) is 18.6 Å². The highest BCUT2D eigenvalue weighted by Crippen LogP contribution is 2.15. The number of nitrogens with two attached hydrogens (primary N) is 1. The summed E-state index contributed by atoms with van der Waals surface area (Å²) in [5.74, 6) is -0.0464. The van der Waals surface area contributed by atoms with Crippen LogP contribution in [-0.2, 0) is 4.74 Å². The summed E-state index contributed by atoms with van der Waals surface area (Å²) >= 11 is 0. The lowest BCUT2D eigenvalue weighted by Gasteiger charge is -2.21. The maximum absolute atomic E-state index is 11.7. The average molecular weight is 291 g/mol. The number of ether oxygens (including phenoxy) is 1. The molecule has 21 heavy (non-hydrogen) atoms. The fourth-order valence-electron chi connectivity index (χ4n) is 1.99. The van der Waals surface area contributed by atoms with Crippen molar-refractivity contribution in [2.45, 2.75) is 32.3 Å². The van der Waals surface area contributed by atoms with Gasteiger partial charge in [-0.2, -0.15) is 0 Å². The lowest BCUT2D eigenvalue weighted by molar-refractivity contribution is 0.0524. The van der Waals surface area contributed by atoms with Crippen molar-refractivity contribution in [1.82, 2.24) is 19.7 Å². The number of imidazole rings is 1. The molecular formula is C14H21N5O2. The van der Waals surface area contributed by atoms with Crippen LogP contribution in [0, 0.1) is 0 Å². The van der Waals surface area contributed by atoms with Crippen molar-refractivity contribution >= 4 is 11.7 Å². The molecule has 0 bridgehead atoms. The van der Waals surface area contributed by atoms with Crippen molar-refractivity contribution in [3.63, 3.8) is 0 Å². The van der Waals surface area contributed by atoms with E-state index in [0.717, 1.165) is 11.3 Å². The zero-order valence-corrected chi connectivity index (χ0v) is 12.5. The molecule has 0 aliphatic carbocycles. The molecule has 0 radical (unpaired) electrons. The number of carbonyl (C=O) groups is 1. The van der Waals surface area contributed by atoms with Gasteiger partial charge in [0.1, 0.15) is 5.60 Å². The molecule has 7 nitrogen and oxygen atoms in total. The molecule has 0 aliphatic rings. The Morgan fingerprint density at radius 1 is 1.48 bits per heavy atom. The number of hydrogen-bond acceptors (Lipinski definition) is 5. The van der Waals surface area contributed by atoms with Gasteiger partial charge in [0.15, 0.2) is 5.65 Å². The number of carbonyl (C=O) groups excluding carboxylic acids is 1. The fraction of sp³-hybridized carbons (Fsp3) is 0.500. The number of alkyl carbamates (subject to hydrolysis) is 1. The minimum Gasteiger partial charge on any atom is -0.444 e. The minimum absolute atomic E-state index is 0.0464. The van der Waals surface area contributed by atoms with E-state index in [1.807, 2.05) is 31.4 Å². The number of hydrogen-bond donors (Lipinski definition) is 2. The first-order chi connectivity index (χ1) is 9.90. The van der Waals surface area contributed by atoms with E-state index in [1.165, 1.54) is 0 Å². The lowest BCUT2D eigenvalue weighted by atomic mass is 10.1. The molecule has 2 heterocycles. The molecule has 2 rings (SSSR count). The lowest BCUT2D eigenvalue weighted by Crippen LogP contribution is -2.36. The molecular weight excluding hydrogens is 270 g/mol. The maximum atomic E-state index is 11.7. The second-order valence-corrected chi connectivity index (χ2v) is 5.80. The molecule has 0 spiro atoms. The number of aromatic nitrogens is 3. The van der Waals surface area contributed by atoms with Crippen molar-refractivity contribution in [2.24, 2.45) is 5.73 Å². The van der Waals surface area contributed by atoms with Crippen LogP contribution in [-0.4, -0.2) is 39.2 Å². The van der Waals surface area contributed by atoms with Crippen LogP contribution >= 0.6 is 0 Å². The third kappa shape index (κ3) is 3.91. The monoisotopic (exact) mass is 291 g/mol. The van der Waals surface area contributed by atoms with Crippen LogP contribution < -0.4 is 11.1 Å². The van der Waals surface area contributed by atoms with Gasteiger partial charge in [0.25, 0.3) is 0 Å². The van der Waals surface area contributed by atoms with Gasteiger partial charge in [-0.25, -0.2) is 9.78 Å². The molecule has 1 unspecified atom stereocenters. The molecule has 7 heteroatoms. The molecule has 1 amide bonds. The molecule has 3 N–H and O–H groups in total. The Kier molecular flexibility index (Phi) is 4.42. The molecule has 114 valence electrons. The van der Waals surface area contributed by atoms with Gasteiger partial charge in [-0.1, -0.05) is 0 Å². The third-order valence-corrected chi connectivity index (χ3v) is 2.94. The van der Waals surface area contributed by atoms with Crippen LogP contribution in [0.25, 0.3) is 5.65 Å². The van der Waals surface area contributed by atoms with Crippen molar-refractivity contribution in [2.75, 3.05) is 13.1 Å². The zero-order chi connectivity index (χ0) is 15.5. The number of nitrogens with zero attached hydrogens (tertiary/aromatic N) is 3. The highest BCUT2D eigenvalue weighted by atomic mass is 16.6. The van der Waals surface area contributed by atoms with Crippen LogP contribution in [0.1, 0.15) is 32.4 Å². The summed E-state index contributed by atoms with van der Waals surface area (Å²) < 4.78 is 7.13. The molecule has 0 saturated carbocycles. The van der Waals surface area contributed by atoms with Gasteiger partial charge in [0.2, 0.25) is 0 Å². The van der Waals surface area contributed by atoms with Crippen LogP contribution in [0.4, 0.5) is 4.79 Å². The fourth-order valence-corrected chi connectivity index (χ4v) is 1.99. The predicted octanol–water partition coefficient (Wildman–Crippen LogP) is 1.30. The van der Waals surface area contributed by atoms with Gasteiger partial charge < -0.3 is 20.2 Å². The van der Waals surface area contributed by atoms with Crippen molar-refractivity contribution in [3.8, 4) is 0 Å². The minimum atomic E-state index is -0.517. The van der Waals surface area contributed by atoms with E-state index >= 15 is 0 Å². The first-order valence-corrected chi connectivity index (χ1v) is 6.84. The van der Waals surface area contributed by atoms with Crippen LogP contribution in [0.15, 0.2) is 24.8 Å². The Hall–Kier alpha value is -2.15. The Morgan fingerprint density at radius 3 is 2.90 bits per heavy atom. The molecule has 1 atom stereocenters. The standard InChI is InChI=1S/C14H21N5O2/c1-14(2,3)21-13(20)18-7-10(6-15)11-8-17-12-9-16-4-5-19(11)12/h4-5,8-10H,6-7,15H2,1-3H3,(H,18,20). The largest absolute Gasteiger partial charge is 0.444 e. The van der Waals surface area contributed by atoms with Gasteiger partial charge in [-0.05, 0) is 20.8 Å². The molecule has 2 aromatic rings. The summed E-state index contributed by atoms with van der Waals surface area (Å²) in [5.41, 5.74) is 6.99. The third-order valence-electron chi connectivity index (χ3n) is 2.94. The van der Waals surface area contributed by atoms with Gasteiger partial charge >= 0.3 is 6.09 Å². The average Bonchev–Trinajstić information content (AvgIpc) is 2.82. The summed E-state index contributed by atoms with van der Waals surface area (Å²) in [4.78, 5) is 20.0. The second kappa shape index (κ2) is 6.09. The quantitative estimate of drug-likeness (QED) is 0.885. The normalized spacial score (nSPS) is 13.1. The summed E-state index contributed by atoms with van der Waals surface area (Å²) in [6.45, 7) is 6.26. The summed E-state index contributed by atoms with van der Waals surface area (Å²) in [5, 5.41) is 2.75. The van der Waals surface area contributed by atoms with Crippen LogP contribution in [0.3, 0.4) is 0 Å². The van der Waals surface area contributed by atoms with E-state index < -0.39 is 11.7 Å². The zero-order valence-electron chi connectivity index (χ0n) is 12.5. The van der Waals surface area contributed by atoms with Crippen molar-refractivity contribution < 1.29 is 9.53 Å². The smallest absolute Gasteiger partial charge is 0.407 e. The summed E-state index contributed by atoms with van der Waals surface area (Å²) in [7, 11) is 0. The Morgan fingerprint density at radius 2 is 2.24 bits per heavy atom. The Balaban J connectivity index is 2.05. The van der Waals surface area contributed by atoms with E-state index in [2.05, 4.69) is 15.3 Å². The molecule has 0 aliphatic heterocycles. The van der Waals surface area contributed by atoms with Gasteiger partial charge in [-0.15, -0.1) is 0 Å². The van der Waals surface area contributed by atoms with Crippen molar-refractivity contribution in [3.05, 3.63) is 30.5 Å². The molecule has 0 aromatic carbocycles. The van der Waals surface area contributed by atoms with E-state index in [4.69, 9.17) is 10.5 Å². The first-order valence-electron chi connectivity index (χ1n) is 6.84. The van der Waals surface area contributed by atoms with Gasteiger partial charge in [0, 0.05) is 43.3 Å². The number of fused-ring (bicyclic) bond motifs is 1. The first kappa shape index (κ1) is 15.2. The molecule has 0 fully saturated rings. The summed E-state index contributed by atoms with van der Waals surface area (Å²) in [6.07, 6.45) is 6.50. The van der Waals surface area contributed by atoms with E-state index in [-0.39, 0.29) is 5.92 Å². The van der Waals surface area contributed by atoms with E-state index in [9.17, 15) is 4.79 Å². The SMILES string of the molecule is CC(C)(C)OC(=O)NCC(CN)c1cnc2cnccn12. The van der Waals surface area contributed by atoms with Gasteiger partial charge in [0.05, 0.1) is 6.20 Å². The van der Waals surface area contributed by atoms with Crippen molar-refractivity contribution in [1.29, 1.82) is 0 Å². The van der Waals surface area contributed by atoms with E-state index in [0.29, 0.717) is 13.1 Å². The highest BCUT2D eigenvalue weighted by Gasteiger charge is 2.19. The number of amides is 1. The van der Waals surface area contributed by atoms with Crippen LogP contribution in [0.2, 0.25) is 0 Å².